The van der Waals surface area contributed by atoms with Crippen LogP contribution in [0.4, 0.5) is 0 Å². The van der Waals surface area contributed by atoms with E-state index in [1.54, 1.807) is 23.0 Å². The zero-order chi connectivity index (χ0) is 15.7. The number of rotatable bonds is 3. The van der Waals surface area contributed by atoms with E-state index in [9.17, 15) is 9.90 Å². The van der Waals surface area contributed by atoms with Gasteiger partial charge in [-0.15, -0.1) is 0 Å². The fraction of sp³-hybridized carbons (Fsp3) is 0.222. The van der Waals surface area contributed by atoms with Gasteiger partial charge in [0.1, 0.15) is 11.2 Å². The zero-order valence-corrected chi connectivity index (χ0v) is 12.7. The van der Waals surface area contributed by atoms with E-state index < -0.39 is 11.4 Å². The average molecular weight is 294 g/mol. The Morgan fingerprint density at radius 2 is 2.05 bits per heavy atom. The molecule has 22 heavy (non-hydrogen) atoms. The lowest BCUT2D eigenvalue weighted by molar-refractivity contribution is -0.142. The second-order valence-electron chi connectivity index (χ2n) is 5.71. The van der Waals surface area contributed by atoms with Gasteiger partial charge in [0, 0.05) is 19.4 Å². The second kappa shape index (κ2) is 5.30. The van der Waals surface area contributed by atoms with Gasteiger partial charge in [-0.3, -0.25) is 4.79 Å². The molecule has 1 heterocycles. The molecule has 0 spiro atoms. The molecule has 1 aromatic heterocycles. The van der Waals surface area contributed by atoms with Crippen molar-refractivity contribution in [2.75, 3.05) is 0 Å². The molecule has 3 rings (SSSR count). The first-order valence-electron chi connectivity index (χ1n) is 7.20. The van der Waals surface area contributed by atoms with E-state index in [1.165, 1.54) is 0 Å². The summed E-state index contributed by atoms with van der Waals surface area (Å²) in [5.41, 5.74) is 2.15. The standard InChI is InChI=1S/C18H18N2O2/c1-13-12-18(17(21)22,16-19-10-11-20(16)2)9-8-15(13)14-6-4-3-5-7-14/h3-11H,12H2,1-2H3,(H,21,22). The van der Waals surface area contributed by atoms with Gasteiger partial charge in [0.15, 0.2) is 0 Å². The SMILES string of the molecule is CC1=C(c2ccccc2)C=CC(C(=O)O)(c2nccn2C)C1. The summed E-state index contributed by atoms with van der Waals surface area (Å²) in [4.78, 5) is 16.3. The van der Waals surface area contributed by atoms with Crippen LogP contribution in [0.5, 0.6) is 0 Å². The van der Waals surface area contributed by atoms with Crippen molar-refractivity contribution >= 4 is 11.5 Å². The van der Waals surface area contributed by atoms with Gasteiger partial charge < -0.3 is 9.67 Å². The normalized spacial score (nSPS) is 21.2. The number of carboxylic acid groups (broad SMARTS) is 1. The summed E-state index contributed by atoms with van der Waals surface area (Å²) in [7, 11) is 1.83. The Morgan fingerprint density at radius 1 is 1.32 bits per heavy atom. The third kappa shape index (κ3) is 2.17. The third-order valence-electron chi connectivity index (χ3n) is 4.22. The van der Waals surface area contributed by atoms with Crippen LogP contribution in [-0.2, 0) is 17.3 Å². The number of carboxylic acids is 1. The molecule has 0 amide bonds. The van der Waals surface area contributed by atoms with E-state index >= 15 is 0 Å². The monoisotopic (exact) mass is 294 g/mol. The van der Waals surface area contributed by atoms with Crippen LogP contribution in [0.25, 0.3) is 5.57 Å². The molecule has 0 bridgehead atoms. The molecule has 0 fully saturated rings. The number of carbonyl (C=O) groups is 1. The molecule has 1 aliphatic carbocycles. The number of hydrogen-bond acceptors (Lipinski definition) is 2. The molecule has 1 atom stereocenters. The minimum absolute atomic E-state index is 0.425. The van der Waals surface area contributed by atoms with Gasteiger partial charge >= 0.3 is 5.97 Å². The molecular weight excluding hydrogens is 276 g/mol. The molecule has 1 unspecified atom stereocenters. The lowest BCUT2D eigenvalue weighted by atomic mass is 9.74. The van der Waals surface area contributed by atoms with Gasteiger partial charge in [-0.05, 0) is 24.5 Å². The molecule has 1 aliphatic rings. The molecular formula is C18H18N2O2. The topological polar surface area (TPSA) is 55.1 Å². The Kier molecular flexibility index (Phi) is 3.45. The van der Waals surface area contributed by atoms with Crippen molar-refractivity contribution in [3.8, 4) is 0 Å². The van der Waals surface area contributed by atoms with Crippen LogP contribution in [-0.4, -0.2) is 20.6 Å². The minimum atomic E-state index is -1.10. The summed E-state index contributed by atoms with van der Waals surface area (Å²) in [5, 5.41) is 9.83. The molecule has 0 aliphatic heterocycles. The highest BCUT2D eigenvalue weighted by molar-refractivity contribution is 5.88. The molecule has 1 N–H and O–H groups in total. The first-order chi connectivity index (χ1) is 10.5. The summed E-state index contributed by atoms with van der Waals surface area (Å²) < 4.78 is 1.78. The number of aromatic nitrogens is 2. The number of allylic oxidation sites excluding steroid dienone is 3. The Balaban J connectivity index is 2.07. The van der Waals surface area contributed by atoms with E-state index in [-0.39, 0.29) is 0 Å². The molecule has 112 valence electrons. The number of benzene rings is 1. The fourth-order valence-corrected chi connectivity index (χ4v) is 3.09. The van der Waals surface area contributed by atoms with Crippen molar-refractivity contribution in [1.82, 2.24) is 9.55 Å². The van der Waals surface area contributed by atoms with Crippen molar-refractivity contribution in [3.05, 3.63) is 71.8 Å². The predicted molar refractivity (Wildman–Crippen MR) is 85.3 cm³/mol. The molecule has 0 saturated carbocycles. The predicted octanol–water partition coefficient (Wildman–Crippen LogP) is 3.18. The van der Waals surface area contributed by atoms with E-state index in [0.717, 1.165) is 16.7 Å². The molecule has 4 heteroatoms. The summed E-state index contributed by atoms with van der Waals surface area (Å²) in [6, 6.07) is 10.0. The smallest absolute Gasteiger partial charge is 0.321 e. The van der Waals surface area contributed by atoms with Crippen LogP contribution in [0, 0.1) is 0 Å². The minimum Gasteiger partial charge on any atom is -0.480 e. The number of imidazole rings is 1. The van der Waals surface area contributed by atoms with Crippen LogP contribution in [0.15, 0.2) is 60.5 Å². The average Bonchev–Trinajstić information content (AvgIpc) is 2.94. The Hall–Kier alpha value is -2.62. The highest BCUT2D eigenvalue weighted by atomic mass is 16.4. The first kappa shape index (κ1) is 14.3. The Bertz CT molecular complexity index is 771. The third-order valence-corrected chi connectivity index (χ3v) is 4.22. The van der Waals surface area contributed by atoms with Crippen LogP contribution in [0.3, 0.4) is 0 Å². The van der Waals surface area contributed by atoms with Crippen molar-refractivity contribution in [1.29, 1.82) is 0 Å². The maximum Gasteiger partial charge on any atom is 0.321 e. The van der Waals surface area contributed by atoms with Gasteiger partial charge in [-0.25, -0.2) is 4.98 Å². The van der Waals surface area contributed by atoms with Crippen molar-refractivity contribution in [3.63, 3.8) is 0 Å². The van der Waals surface area contributed by atoms with Crippen LogP contribution < -0.4 is 0 Å². The quantitative estimate of drug-likeness (QED) is 0.946. The molecule has 4 nitrogen and oxygen atoms in total. The zero-order valence-electron chi connectivity index (χ0n) is 12.7. The number of nitrogens with zero attached hydrogens (tertiary/aromatic N) is 2. The van der Waals surface area contributed by atoms with Gasteiger partial charge in [0.25, 0.3) is 0 Å². The maximum absolute atomic E-state index is 12.0. The van der Waals surface area contributed by atoms with Crippen molar-refractivity contribution in [2.24, 2.45) is 7.05 Å². The second-order valence-corrected chi connectivity index (χ2v) is 5.71. The van der Waals surface area contributed by atoms with E-state index in [0.29, 0.717) is 12.2 Å². The number of hydrogen-bond donors (Lipinski definition) is 1. The van der Waals surface area contributed by atoms with E-state index in [1.807, 2.05) is 50.4 Å². The number of aliphatic carboxylic acids is 1. The Morgan fingerprint density at radius 3 is 2.59 bits per heavy atom. The first-order valence-corrected chi connectivity index (χ1v) is 7.20. The van der Waals surface area contributed by atoms with Gasteiger partial charge in [-0.2, -0.15) is 0 Å². The van der Waals surface area contributed by atoms with E-state index in [2.05, 4.69) is 4.98 Å². The molecule has 2 aromatic rings. The van der Waals surface area contributed by atoms with E-state index in [4.69, 9.17) is 0 Å². The summed E-state index contributed by atoms with van der Waals surface area (Å²) in [5.74, 6) is -0.313. The van der Waals surface area contributed by atoms with Crippen LogP contribution in [0.1, 0.15) is 24.7 Å². The lowest BCUT2D eigenvalue weighted by Gasteiger charge is -2.30. The summed E-state index contributed by atoms with van der Waals surface area (Å²) in [6.07, 6.45) is 7.52. The van der Waals surface area contributed by atoms with Crippen LogP contribution in [0.2, 0.25) is 0 Å². The van der Waals surface area contributed by atoms with Gasteiger partial charge in [0.05, 0.1) is 0 Å². The summed E-state index contributed by atoms with van der Waals surface area (Å²) in [6.45, 7) is 1.99. The maximum atomic E-state index is 12.0. The highest BCUT2D eigenvalue weighted by Gasteiger charge is 2.43. The largest absolute Gasteiger partial charge is 0.480 e. The van der Waals surface area contributed by atoms with Crippen molar-refractivity contribution < 1.29 is 9.90 Å². The number of aryl methyl sites for hydroxylation is 1. The summed E-state index contributed by atoms with van der Waals surface area (Å²) >= 11 is 0. The van der Waals surface area contributed by atoms with Crippen molar-refractivity contribution in [2.45, 2.75) is 18.8 Å². The molecule has 0 radical (unpaired) electrons. The van der Waals surface area contributed by atoms with Crippen LogP contribution >= 0.6 is 0 Å². The molecule has 1 aromatic carbocycles. The fourth-order valence-electron chi connectivity index (χ4n) is 3.09. The molecule has 0 saturated heterocycles. The highest BCUT2D eigenvalue weighted by Crippen LogP contribution is 2.39. The van der Waals surface area contributed by atoms with Gasteiger partial charge in [0.2, 0.25) is 0 Å². The lowest BCUT2D eigenvalue weighted by Crippen LogP contribution is -2.38. The Labute approximate surface area is 129 Å². The van der Waals surface area contributed by atoms with Gasteiger partial charge in [-0.1, -0.05) is 48.1 Å².